The average Bonchev–Trinajstić information content (AvgIpc) is 3.33. The first kappa shape index (κ1) is 29.2. The fourth-order valence-electron chi connectivity index (χ4n) is 5.88. The number of ether oxygens (including phenoxy) is 1. The molecule has 1 aromatic heterocycles. The van der Waals surface area contributed by atoms with Gasteiger partial charge in [0.2, 0.25) is 11.8 Å². The number of fused-ring (bicyclic) bond motifs is 2. The van der Waals surface area contributed by atoms with Gasteiger partial charge in [-0.15, -0.1) is 0 Å². The topological polar surface area (TPSA) is 124 Å². The van der Waals surface area contributed by atoms with E-state index in [1.807, 2.05) is 60.8 Å². The van der Waals surface area contributed by atoms with Crippen molar-refractivity contribution in [1.82, 2.24) is 25.4 Å². The van der Waals surface area contributed by atoms with E-state index in [-0.39, 0.29) is 31.3 Å². The molecule has 3 atom stereocenters. The van der Waals surface area contributed by atoms with Crippen molar-refractivity contribution in [3.63, 3.8) is 0 Å². The maximum absolute atomic E-state index is 14.0. The molecule has 0 bridgehead atoms. The third kappa shape index (κ3) is 6.27. The lowest BCUT2D eigenvalue weighted by molar-refractivity contribution is -0.136. The Morgan fingerprint density at radius 3 is 2.48 bits per heavy atom. The minimum atomic E-state index is -1.38. The van der Waals surface area contributed by atoms with Gasteiger partial charge in [-0.1, -0.05) is 48.5 Å². The van der Waals surface area contributed by atoms with Gasteiger partial charge in [0.05, 0.1) is 12.6 Å². The van der Waals surface area contributed by atoms with E-state index >= 15 is 0 Å². The summed E-state index contributed by atoms with van der Waals surface area (Å²) in [6.07, 6.45) is 2.74. The number of nitrogens with zero attached hydrogens (tertiary/aromatic N) is 2. The summed E-state index contributed by atoms with van der Waals surface area (Å²) in [5.41, 5.74) is 0.540. The van der Waals surface area contributed by atoms with Gasteiger partial charge in [-0.25, -0.2) is 9.59 Å². The van der Waals surface area contributed by atoms with E-state index in [4.69, 9.17) is 4.74 Å². The van der Waals surface area contributed by atoms with Gasteiger partial charge in [0.25, 0.3) is 0 Å². The fraction of sp³-hybridized carbons (Fsp3) is 0.438. The number of aromatic amines is 1. The quantitative estimate of drug-likeness (QED) is 0.384. The maximum Gasteiger partial charge on any atom is 0.408 e. The molecule has 2 aliphatic rings. The van der Waals surface area contributed by atoms with Crippen LogP contribution in [-0.2, 0) is 27.3 Å². The molecular formula is C32H39N5O5. The molecule has 0 radical (unpaired) electrons. The first-order chi connectivity index (χ1) is 19.9. The van der Waals surface area contributed by atoms with E-state index in [0.717, 1.165) is 22.0 Å². The van der Waals surface area contributed by atoms with Gasteiger partial charge >= 0.3 is 12.1 Å². The lowest BCUT2D eigenvalue weighted by atomic mass is 9.88. The van der Waals surface area contributed by atoms with Crippen LogP contribution in [0.25, 0.3) is 10.9 Å². The first-order valence-corrected chi connectivity index (χ1v) is 14.5. The molecule has 42 heavy (non-hydrogen) atoms. The van der Waals surface area contributed by atoms with E-state index in [2.05, 4.69) is 15.6 Å². The highest BCUT2D eigenvalue weighted by Crippen LogP contribution is 2.29. The molecule has 0 unspecified atom stereocenters. The summed E-state index contributed by atoms with van der Waals surface area (Å²) in [4.78, 5) is 59.9. The molecule has 0 aliphatic carbocycles. The highest BCUT2D eigenvalue weighted by atomic mass is 16.6. The number of rotatable bonds is 7. The average molecular weight is 574 g/mol. The molecule has 3 heterocycles. The third-order valence-corrected chi connectivity index (χ3v) is 7.94. The predicted molar refractivity (Wildman–Crippen MR) is 158 cm³/mol. The zero-order chi connectivity index (χ0) is 30.1. The van der Waals surface area contributed by atoms with Crippen LogP contribution in [0.15, 0.2) is 60.8 Å². The molecule has 3 N–H and O–H groups in total. The number of aromatic nitrogens is 1. The zero-order valence-corrected chi connectivity index (χ0v) is 24.6. The van der Waals surface area contributed by atoms with Crippen molar-refractivity contribution in [2.75, 3.05) is 6.54 Å². The van der Waals surface area contributed by atoms with Crippen LogP contribution in [0.1, 0.15) is 58.1 Å². The third-order valence-electron chi connectivity index (χ3n) is 7.94. The second kappa shape index (κ2) is 11.5. The van der Waals surface area contributed by atoms with E-state index in [1.165, 1.54) is 4.90 Å². The summed E-state index contributed by atoms with van der Waals surface area (Å²) < 4.78 is 5.51. The lowest BCUT2D eigenvalue weighted by Crippen LogP contribution is -2.67. The number of nitrogens with one attached hydrogen (secondary N) is 3. The van der Waals surface area contributed by atoms with Gasteiger partial charge in [0.15, 0.2) is 0 Å². The van der Waals surface area contributed by atoms with E-state index in [1.54, 1.807) is 32.6 Å². The number of alkyl carbamates (subject to hydrolysis) is 1. The van der Waals surface area contributed by atoms with E-state index in [9.17, 15) is 19.2 Å². The predicted octanol–water partition coefficient (Wildman–Crippen LogP) is 4.50. The smallest absolute Gasteiger partial charge is 0.408 e. The van der Waals surface area contributed by atoms with Crippen LogP contribution in [0, 0.1) is 0 Å². The standard InChI is InChI=1S/C32H39N5O5/c1-31(2,3)42-29(40)35-32(4,18-22-19-33-24-14-9-8-13-23(22)24)28(39)34-25-15-10-16-36-26(25)17-27(38)37(30(36)41)20-21-11-6-5-7-12-21/h5-9,11-14,19,25-26,33H,10,15-18,20H2,1-4H3,(H,34,39)(H,35,40)/t25-,26+,32+/m0/s1. The number of carbonyl (C=O) groups is 4. The number of H-pyrrole nitrogens is 1. The van der Waals surface area contributed by atoms with Gasteiger partial charge in [0, 0.05) is 42.5 Å². The SMILES string of the molecule is CC(C)(C)OC(=O)N[C@](C)(Cc1c[nH]c2ccccc12)C(=O)N[C@H]1CCCN2C(=O)N(Cc3ccccc3)C(=O)C[C@H]12. The minimum absolute atomic E-state index is 0.113. The van der Waals surface area contributed by atoms with Crippen LogP contribution < -0.4 is 10.6 Å². The number of para-hydroxylation sites is 1. The van der Waals surface area contributed by atoms with E-state index < -0.39 is 35.2 Å². The Morgan fingerprint density at radius 1 is 1.02 bits per heavy atom. The van der Waals surface area contributed by atoms with Gasteiger partial charge < -0.3 is 25.3 Å². The molecule has 2 fully saturated rings. The fourth-order valence-corrected chi connectivity index (χ4v) is 5.88. The molecular weight excluding hydrogens is 534 g/mol. The Kier molecular flexibility index (Phi) is 7.99. The largest absolute Gasteiger partial charge is 0.444 e. The Bertz CT molecular complexity index is 1480. The second-order valence-electron chi connectivity index (χ2n) is 12.4. The molecule has 2 aliphatic heterocycles. The zero-order valence-electron chi connectivity index (χ0n) is 24.6. The highest BCUT2D eigenvalue weighted by molar-refractivity contribution is 5.98. The summed E-state index contributed by atoms with van der Waals surface area (Å²) >= 11 is 0. The summed E-state index contributed by atoms with van der Waals surface area (Å²) in [5, 5.41) is 6.88. The lowest BCUT2D eigenvalue weighted by Gasteiger charge is -2.47. The Morgan fingerprint density at radius 2 is 1.74 bits per heavy atom. The molecule has 0 saturated carbocycles. The summed E-state index contributed by atoms with van der Waals surface area (Å²) in [7, 11) is 0. The number of amides is 5. The van der Waals surface area contributed by atoms with Crippen LogP contribution in [0.2, 0.25) is 0 Å². The van der Waals surface area contributed by atoms with Crippen molar-refractivity contribution in [1.29, 1.82) is 0 Å². The Labute approximate surface area is 245 Å². The number of piperidine rings is 1. The summed E-state index contributed by atoms with van der Waals surface area (Å²) in [5.74, 6) is -0.670. The number of benzene rings is 2. The van der Waals surface area contributed by atoms with Crippen LogP contribution in [0.5, 0.6) is 0 Å². The van der Waals surface area contributed by atoms with Gasteiger partial charge in [-0.2, -0.15) is 0 Å². The molecule has 2 saturated heterocycles. The first-order valence-electron chi connectivity index (χ1n) is 14.5. The molecule has 10 heteroatoms. The van der Waals surface area contributed by atoms with Crippen molar-refractivity contribution >= 4 is 34.8 Å². The molecule has 5 amide bonds. The van der Waals surface area contributed by atoms with Crippen LogP contribution >= 0.6 is 0 Å². The van der Waals surface area contributed by atoms with Gasteiger partial charge in [-0.05, 0) is 57.7 Å². The number of hydrogen-bond acceptors (Lipinski definition) is 5. The number of carbonyl (C=O) groups excluding carboxylic acids is 4. The molecule has 3 aromatic rings. The normalized spacial score (nSPS) is 20.6. The monoisotopic (exact) mass is 573 g/mol. The maximum atomic E-state index is 14.0. The summed E-state index contributed by atoms with van der Waals surface area (Å²) in [6, 6.07) is 15.9. The molecule has 222 valence electrons. The second-order valence-corrected chi connectivity index (χ2v) is 12.4. The highest BCUT2D eigenvalue weighted by Gasteiger charge is 2.46. The van der Waals surface area contributed by atoms with Crippen LogP contribution in [0.4, 0.5) is 9.59 Å². The number of imide groups is 1. The van der Waals surface area contributed by atoms with Crippen LogP contribution in [0.3, 0.4) is 0 Å². The molecule has 5 rings (SSSR count). The Balaban J connectivity index is 1.36. The minimum Gasteiger partial charge on any atom is -0.444 e. The molecule has 0 spiro atoms. The van der Waals surface area contributed by atoms with Crippen molar-refractivity contribution in [2.24, 2.45) is 0 Å². The van der Waals surface area contributed by atoms with Gasteiger partial charge in [0.1, 0.15) is 11.1 Å². The summed E-state index contributed by atoms with van der Waals surface area (Å²) in [6.45, 7) is 7.68. The number of hydrogen-bond donors (Lipinski definition) is 3. The molecule has 2 aromatic carbocycles. The molecule has 10 nitrogen and oxygen atoms in total. The van der Waals surface area contributed by atoms with Gasteiger partial charge in [-0.3, -0.25) is 14.5 Å². The van der Waals surface area contributed by atoms with Crippen LogP contribution in [-0.4, -0.2) is 68.5 Å². The van der Waals surface area contributed by atoms with E-state index in [0.29, 0.717) is 19.4 Å². The van der Waals surface area contributed by atoms with Crippen molar-refractivity contribution < 1.29 is 23.9 Å². The van der Waals surface area contributed by atoms with Crippen molar-refractivity contribution in [3.05, 3.63) is 71.9 Å². The number of urea groups is 1. The van der Waals surface area contributed by atoms with Crippen molar-refractivity contribution in [2.45, 2.75) is 83.1 Å². The van der Waals surface area contributed by atoms with Crippen molar-refractivity contribution in [3.8, 4) is 0 Å². The Hall–Kier alpha value is -4.34.